The van der Waals surface area contributed by atoms with E-state index in [0.717, 1.165) is 22.6 Å². The minimum absolute atomic E-state index is 0.0257. The Morgan fingerprint density at radius 1 is 1.18 bits per heavy atom. The van der Waals surface area contributed by atoms with Crippen molar-refractivity contribution in [1.82, 2.24) is 10.2 Å². The Balaban J connectivity index is 1.66. The quantitative estimate of drug-likeness (QED) is 0.436. The zero-order valence-electron chi connectivity index (χ0n) is 19.3. The molecule has 1 N–H and O–H groups in total. The molecule has 2 aliphatic heterocycles. The molecule has 0 saturated carbocycles. The Morgan fingerprint density at radius 2 is 1.91 bits per heavy atom. The molecule has 6 nitrogen and oxygen atoms in total. The van der Waals surface area contributed by atoms with Gasteiger partial charge in [-0.1, -0.05) is 36.2 Å². The van der Waals surface area contributed by atoms with Crippen LogP contribution in [0.25, 0.3) is 6.08 Å². The van der Waals surface area contributed by atoms with Gasteiger partial charge >= 0.3 is 6.03 Å². The third-order valence-electron chi connectivity index (χ3n) is 6.57. The molecule has 0 aliphatic carbocycles. The molecule has 1 atom stereocenters. The summed E-state index contributed by atoms with van der Waals surface area (Å²) in [4.78, 5) is 29.0. The van der Waals surface area contributed by atoms with Crippen LogP contribution >= 0.6 is 23.2 Å². The number of benzene rings is 2. The van der Waals surface area contributed by atoms with Crippen molar-refractivity contribution in [2.45, 2.75) is 45.2 Å². The minimum Gasteiger partial charge on any atom is -0.496 e. The number of urea groups is 1. The minimum atomic E-state index is -0.482. The van der Waals surface area contributed by atoms with Gasteiger partial charge in [0.25, 0.3) is 5.91 Å². The molecule has 2 aromatic rings. The molecule has 0 spiro atoms. The van der Waals surface area contributed by atoms with Gasteiger partial charge < -0.3 is 15.0 Å². The van der Waals surface area contributed by atoms with Crippen molar-refractivity contribution in [3.63, 3.8) is 0 Å². The van der Waals surface area contributed by atoms with Gasteiger partial charge in [0.15, 0.2) is 0 Å². The van der Waals surface area contributed by atoms with Gasteiger partial charge in [-0.3, -0.25) is 9.69 Å². The lowest BCUT2D eigenvalue weighted by atomic mass is 9.80. The number of amides is 3. The predicted octanol–water partition coefficient (Wildman–Crippen LogP) is 5.82. The molecule has 1 saturated heterocycles. The third kappa shape index (κ3) is 4.30. The van der Waals surface area contributed by atoms with E-state index in [1.807, 2.05) is 6.07 Å². The number of carbonyl (C=O) groups is 2. The van der Waals surface area contributed by atoms with E-state index < -0.39 is 11.9 Å². The number of nitrogens with zero attached hydrogens (tertiary/aromatic N) is 2. The zero-order valence-corrected chi connectivity index (χ0v) is 20.8. The topological polar surface area (TPSA) is 61.9 Å². The van der Waals surface area contributed by atoms with E-state index in [-0.39, 0.29) is 17.8 Å². The maximum Gasteiger partial charge on any atom is 0.329 e. The molecule has 1 unspecified atom stereocenters. The highest BCUT2D eigenvalue weighted by atomic mass is 35.5. The Hall–Kier alpha value is -2.70. The van der Waals surface area contributed by atoms with E-state index in [0.29, 0.717) is 27.3 Å². The highest BCUT2D eigenvalue weighted by molar-refractivity contribution is 6.42. The van der Waals surface area contributed by atoms with Crippen molar-refractivity contribution in [3.05, 3.63) is 62.8 Å². The fourth-order valence-electron chi connectivity index (χ4n) is 4.59. The molecule has 0 aromatic heterocycles. The molecule has 0 radical (unpaired) electrons. The maximum atomic E-state index is 13.0. The lowest BCUT2D eigenvalue weighted by molar-refractivity contribution is -0.123. The van der Waals surface area contributed by atoms with Gasteiger partial charge in [0.1, 0.15) is 11.4 Å². The van der Waals surface area contributed by atoms with Crippen LogP contribution in [0.15, 0.2) is 36.0 Å². The number of hydrogen-bond donors (Lipinski definition) is 1. The average molecular weight is 488 g/mol. The van der Waals surface area contributed by atoms with Gasteiger partial charge in [0.05, 0.1) is 23.7 Å². The normalized spacial score (nSPS) is 20.8. The molecule has 2 aliphatic rings. The third-order valence-corrected chi connectivity index (χ3v) is 7.31. The lowest BCUT2D eigenvalue weighted by Gasteiger charge is -2.45. The number of fused-ring (bicyclic) bond motifs is 1. The second-order valence-electron chi connectivity index (χ2n) is 9.26. The zero-order chi connectivity index (χ0) is 24.1. The summed E-state index contributed by atoms with van der Waals surface area (Å²) in [5, 5.41) is 3.48. The average Bonchev–Trinajstić information content (AvgIpc) is 3.01. The second kappa shape index (κ2) is 8.58. The van der Waals surface area contributed by atoms with E-state index >= 15 is 0 Å². The number of carbonyl (C=O) groups excluding carboxylic acids is 2. The molecule has 33 heavy (non-hydrogen) atoms. The fourth-order valence-corrected chi connectivity index (χ4v) is 4.91. The number of ether oxygens (including phenoxy) is 1. The summed E-state index contributed by atoms with van der Waals surface area (Å²) in [7, 11) is 3.69. The van der Waals surface area contributed by atoms with Crippen LogP contribution in [0.5, 0.6) is 5.75 Å². The summed E-state index contributed by atoms with van der Waals surface area (Å²) < 4.78 is 5.65. The maximum absolute atomic E-state index is 13.0. The van der Waals surface area contributed by atoms with Crippen molar-refractivity contribution in [2.75, 3.05) is 19.1 Å². The van der Waals surface area contributed by atoms with Crippen LogP contribution in [-0.4, -0.2) is 36.5 Å². The molecule has 0 bridgehead atoms. The van der Waals surface area contributed by atoms with Crippen molar-refractivity contribution in [3.8, 4) is 5.75 Å². The smallest absolute Gasteiger partial charge is 0.329 e. The summed E-state index contributed by atoms with van der Waals surface area (Å²) in [5.74, 6) is 0.578. The number of anilines is 1. The van der Waals surface area contributed by atoms with E-state index in [4.69, 9.17) is 27.9 Å². The standard InChI is InChI=1S/C25H27Cl2N3O3/c1-14-12-25(2,3)29(4)21-11-22(33-5)16(9-17(14)21)10-20-23(31)30(24(32)28-20)13-15-6-7-18(26)19(27)8-15/h6-11,14H,12-13H2,1-5H3,(H,28,32)/b20-10+. The SMILES string of the molecule is COc1cc2c(cc1/C=C1/NC(=O)N(Cc3ccc(Cl)c(Cl)c3)C1=O)C(C)CC(C)(C)N2C. The molecule has 2 aromatic carbocycles. The Labute approximate surface area is 204 Å². The first kappa shape index (κ1) is 23.5. The number of rotatable bonds is 4. The number of halogens is 2. The highest BCUT2D eigenvalue weighted by Gasteiger charge is 2.36. The van der Waals surface area contributed by atoms with Gasteiger partial charge in [-0.25, -0.2) is 4.79 Å². The number of hydrogen-bond acceptors (Lipinski definition) is 4. The van der Waals surface area contributed by atoms with Gasteiger partial charge in [-0.2, -0.15) is 0 Å². The van der Waals surface area contributed by atoms with Crippen LogP contribution < -0.4 is 15.0 Å². The van der Waals surface area contributed by atoms with E-state index in [9.17, 15) is 9.59 Å². The molecule has 4 rings (SSSR count). The first-order chi connectivity index (χ1) is 15.5. The summed E-state index contributed by atoms with van der Waals surface area (Å²) in [6.45, 7) is 6.75. The molecular formula is C25H27Cl2N3O3. The van der Waals surface area contributed by atoms with Gasteiger partial charge in [-0.05, 0) is 61.6 Å². The number of methoxy groups -OCH3 is 1. The van der Waals surface area contributed by atoms with Crippen molar-refractivity contribution < 1.29 is 14.3 Å². The summed E-state index contributed by atoms with van der Waals surface area (Å²) >= 11 is 12.0. The number of nitrogens with one attached hydrogen (secondary N) is 1. The molecule has 8 heteroatoms. The van der Waals surface area contributed by atoms with Crippen molar-refractivity contribution >= 4 is 46.9 Å². The lowest BCUT2D eigenvalue weighted by Crippen LogP contribution is -2.45. The van der Waals surface area contributed by atoms with E-state index in [1.165, 1.54) is 5.56 Å². The largest absolute Gasteiger partial charge is 0.496 e. The highest BCUT2D eigenvalue weighted by Crippen LogP contribution is 2.45. The first-order valence-electron chi connectivity index (χ1n) is 10.8. The molecule has 3 amide bonds. The van der Waals surface area contributed by atoms with Gasteiger partial charge in [-0.15, -0.1) is 0 Å². The van der Waals surface area contributed by atoms with E-state index in [2.05, 4.69) is 44.1 Å². The van der Waals surface area contributed by atoms with Gasteiger partial charge in [0, 0.05) is 29.9 Å². The second-order valence-corrected chi connectivity index (χ2v) is 10.1. The molecule has 174 valence electrons. The van der Waals surface area contributed by atoms with Crippen LogP contribution in [0, 0.1) is 0 Å². The van der Waals surface area contributed by atoms with Crippen LogP contribution in [0.4, 0.5) is 10.5 Å². The molecule has 1 fully saturated rings. The summed E-state index contributed by atoms with van der Waals surface area (Å²) in [6, 6.07) is 8.61. The Morgan fingerprint density at radius 3 is 2.58 bits per heavy atom. The molecular weight excluding hydrogens is 461 g/mol. The Kier molecular flexibility index (Phi) is 6.10. The predicted molar refractivity (Wildman–Crippen MR) is 132 cm³/mol. The van der Waals surface area contributed by atoms with Crippen LogP contribution in [-0.2, 0) is 11.3 Å². The first-order valence-corrected chi connectivity index (χ1v) is 11.5. The van der Waals surface area contributed by atoms with Gasteiger partial charge in [0.2, 0.25) is 0 Å². The monoisotopic (exact) mass is 487 g/mol. The Bertz CT molecular complexity index is 1180. The van der Waals surface area contributed by atoms with Crippen LogP contribution in [0.3, 0.4) is 0 Å². The van der Waals surface area contributed by atoms with Crippen molar-refractivity contribution in [2.24, 2.45) is 0 Å². The summed E-state index contributed by atoms with van der Waals surface area (Å²) in [6.07, 6.45) is 2.69. The fraction of sp³-hybridized carbons (Fsp3) is 0.360. The van der Waals surface area contributed by atoms with E-state index in [1.54, 1.807) is 31.4 Å². The van der Waals surface area contributed by atoms with Crippen molar-refractivity contribution in [1.29, 1.82) is 0 Å². The molecule has 2 heterocycles. The summed E-state index contributed by atoms with van der Waals surface area (Å²) in [5.41, 5.74) is 3.99. The van der Waals surface area contributed by atoms with Crippen LogP contribution in [0.1, 0.15) is 49.8 Å². The number of imide groups is 1. The van der Waals surface area contributed by atoms with Crippen LogP contribution in [0.2, 0.25) is 10.0 Å².